The lowest BCUT2D eigenvalue weighted by atomic mass is 9.74. The normalized spacial score (nSPS) is 32.2. The number of ether oxygens (including phenoxy) is 1. The standard InChI is InChI=1S/C29H28ClN3O5/c1-28-13-5-15-31(20-7-3-2-4-8-20)25(35)22(28)23-26(36)33(17-18-34)24-27(37)32(16-6-14-29(23,24)38-28)21-11-9-19(30)10-12-21/h2-14,22-24,34H,15-18H2,1H3/t22-,23+,24?,28+,29+/m1/s1. The number of nitrogens with zero attached hydrogens (tertiary/aromatic N) is 3. The van der Waals surface area contributed by atoms with Gasteiger partial charge in [0, 0.05) is 36.0 Å². The molecule has 5 atom stereocenters. The molecule has 1 spiro atoms. The van der Waals surface area contributed by atoms with Gasteiger partial charge in [0.05, 0.1) is 24.0 Å². The third-order valence-electron chi connectivity index (χ3n) is 8.10. The molecule has 0 saturated carbocycles. The van der Waals surface area contributed by atoms with Crippen molar-refractivity contribution in [3.8, 4) is 0 Å². The molecule has 3 amide bonds. The molecular formula is C29H28ClN3O5. The van der Waals surface area contributed by atoms with Gasteiger partial charge < -0.3 is 24.5 Å². The molecule has 0 aliphatic carbocycles. The summed E-state index contributed by atoms with van der Waals surface area (Å²) in [6.07, 6.45) is 7.36. The maximum absolute atomic E-state index is 14.2. The minimum Gasteiger partial charge on any atom is -0.395 e. The number of β-amino-alcohol motifs (C(OH)–C–C–N with tert-alkyl or cyclic N) is 1. The Kier molecular flexibility index (Phi) is 5.94. The quantitative estimate of drug-likeness (QED) is 0.610. The fourth-order valence-corrected chi connectivity index (χ4v) is 6.69. The lowest BCUT2D eigenvalue weighted by Crippen LogP contribution is -2.56. The highest BCUT2D eigenvalue weighted by Crippen LogP contribution is 2.57. The third-order valence-corrected chi connectivity index (χ3v) is 8.36. The van der Waals surface area contributed by atoms with Crippen molar-refractivity contribution in [1.29, 1.82) is 0 Å². The molecule has 2 aromatic carbocycles. The molecule has 0 aromatic heterocycles. The second-order valence-corrected chi connectivity index (χ2v) is 10.7. The topological polar surface area (TPSA) is 90.4 Å². The SMILES string of the molecule is C[C@]12C=CCN(c3ccccc3)C(=O)[C@H]1[C@H]1C(=O)N(CCO)C3C(=O)N(c4ccc(Cl)cc4)CC=C[C@@]31O2. The Bertz CT molecular complexity index is 1350. The van der Waals surface area contributed by atoms with Gasteiger partial charge in [0.15, 0.2) is 0 Å². The van der Waals surface area contributed by atoms with Gasteiger partial charge in [0.2, 0.25) is 11.8 Å². The number of rotatable bonds is 4. The molecular weight excluding hydrogens is 506 g/mol. The number of aliphatic hydroxyl groups is 1. The summed E-state index contributed by atoms with van der Waals surface area (Å²) in [5.74, 6) is -2.73. The lowest BCUT2D eigenvalue weighted by molar-refractivity contribution is -0.144. The fourth-order valence-electron chi connectivity index (χ4n) is 6.56. The second kappa shape index (κ2) is 9.08. The van der Waals surface area contributed by atoms with Gasteiger partial charge in [-0.1, -0.05) is 54.1 Å². The zero-order chi connectivity index (χ0) is 26.7. The average Bonchev–Trinajstić information content (AvgIpc) is 3.16. The van der Waals surface area contributed by atoms with Crippen LogP contribution < -0.4 is 9.80 Å². The van der Waals surface area contributed by atoms with Crippen molar-refractivity contribution in [3.63, 3.8) is 0 Å². The number of carbonyl (C=O) groups excluding carboxylic acids is 3. The molecule has 6 rings (SSSR count). The molecule has 2 aromatic rings. The number of carbonyl (C=O) groups is 3. The van der Waals surface area contributed by atoms with E-state index in [0.29, 0.717) is 17.3 Å². The highest BCUT2D eigenvalue weighted by molar-refractivity contribution is 6.30. The van der Waals surface area contributed by atoms with Crippen molar-refractivity contribution < 1.29 is 24.2 Å². The predicted octanol–water partition coefficient (Wildman–Crippen LogP) is 2.81. The predicted molar refractivity (Wildman–Crippen MR) is 143 cm³/mol. The van der Waals surface area contributed by atoms with Crippen molar-refractivity contribution in [1.82, 2.24) is 4.90 Å². The number of para-hydroxylation sites is 1. The maximum atomic E-state index is 14.2. The van der Waals surface area contributed by atoms with E-state index >= 15 is 0 Å². The molecule has 9 heteroatoms. The van der Waals surface area contributed by atoms with E-state index in [1.54, 1.807) is 40.1 Å². The molecule has 4 aliphatic rings. The first kappa shape index (κ1) is 24.9. The molecule has 196 valence electrons. The molecule has 1 N–H and O–H groups in total. The Morgan fingerprint density at radius 1 is 0.868 bits per heavy atom. The Morgan fingerprint density at radius 3 is 2.18 bits per heavy atom. The largest absolute Gasteiger partial charge is 0.395 e. The van der Waals surface area contributed by atoms with Crippen molar-refractivity contribution in [3.05, 3.63) is 83.9 Å². The van der Waals surface area contributed by atoms with Crippen LogP contribution in [0.1, 0.15) is 6.92 Å². The van der Waals surface area contributed by atoms with E-state index in [1.807, 2.05) is 55.5 Å². The highest BCUT2D eigenvalue weighted by Gasteiger charge is 2.74. The van der Waals surface area contributed by atoms with Crippen molar-refractivity contribution in [2.75, 3.05) is 36.0 Å². The van der Waals surface area contributed by atoms with Crippen LogP contribution in [0.2, 0.25) is 5.02 Å². The first-order chi connectivity index (χ1) is 18.3. The monoisotopic (exact) mass is 533 g/mol. The van der Waals surface area contributed by atoms with Gasteiger partial charge in [-0.05, 0) is 43.3 Å². The third kappa shape index (κ3) is 3.55. The number of hydrogen-bond donors (Lipinski definition) is 1. The molecule has 0 bridgehead atoms. The number of aliphatic hydroxyl groups excluding tert-OH is 1. The lowest BCUT2D eigenvalue weighted by Gasteiger charge is -2.37. The van der Waals surface area contributed by atoms with Crippen LogP contribution in [0.4, 0.5) is 11.4 Å². The van der Waals surface area contributed by atoms with Crippen LogP contribution in [-0.2, 0) is 19.1 Å². The maximum Gasteiger partial charge on any atom is 0.253 e. The first-order valence-corrected chi connectivity index (χ1v) is 13.1. The summed E-state index contributed by atoms with van der Waals surface area (Å²) in [6, 6.07) is 15.2. The summed E-state index contributed by atoms with van der Waals surface area (Å²) in [7, 11) is 0. The molecule has 0 radical (unpaired) electrons. The number of amides is 3. The van der Waals surface area contributed by atoms with Gasteiger partial charge >= 0.3 is 0 Å². The van der Waals surface area contributed by atoms with E-state index < -0.39 is 29.1 Å². The summed E-state index contributed by atoms with van der Waals surface area (Å²) in [5, 5.41) is 10.4. The van der Waals surface area contributed by atoms with Crippen LogP contribution in [0.3, 0.4) is 0 Å². The molecule has 4 heterocycles. The minimum atomic E-state index is -1.37. The summed E-state index contributed by atoms with van der Waals surface area (Å²) in [4.78, 5) is 47.1. The van der Waals surface area contributed by atoms with Gasteiger partial charge in [-0.25, -0.2) is 0 Å². The smallest absolute Gasteiger partial charge is 0.253 e. The number of anilines is 2. The van der Waals surface area contributed by atoms with Crippen LogP contribution in [0.5, 0.6) is 0 Å². The van der Waals surface area contributed by atoms with Crippen molar-refractivity contribution >= 4 is 40.7 Å². The Hall–Kier alpha value is -3.46. The van der Waals surface area contributed by atoms with Crippen molar-refractivity contribution in [2.45, 2.75) is 24.2 Å². The fraction of sp³-hybridized carbons (Fsp3) is 0.345. The first-order valence-electron chi connectivity index (χ1n) is 12.7. The van der Waals surface area contributed by atoms with Gasteiger partial charge in [-0.3, -0.25) is 14.4 Å². The van der Waals surface area contributed by atoms with E-state index in [0.717, 1.165) is 5.69 Å². The Labute approximate surface area is 225 Å². The number of halogens is 1. The molecule has 8 nitrogen and oxygen atoms in total. The number of benzene rings is 2. The number of fused-ring (bicyclic) bond motifs is 2. The van der Waals surface area contributed by atoms with Crippen LogP contribution in [-0.4, -0.2) is 71.2 Å². The van der Waals surface area contributed by atoms with Crippen LogP contribution in [0, 0.1) is 11.8 Å². The molecule has 1 unspecified atom stereocenters. The zero-order valence-corrected chi connectivity index (χ0v) is 21.6. The Balaban J connectivity index is 1.47. The van der Waals surface area contributed by atoms with Crippen molar-refractivity contribution in [2.24, 2.45) is 11.8 Å². The van der Waals surface area contributed by atoms with E-state index in [1.165, 1.54) is 4.90 Å². The van der Waals surface area contributed by atoms with Gasteiger partial charge in [0.1, 0.15) is 11.6 Å². The highest BCUT2D eigenvalue weighted by atomic mass is 35.5. The van der Waals surface area contributed by atoms with Gasteiger partial charge in [0.25, 0.3) is 5.91 Å². The summed E-state index contributed by atoms with van der Waals surface area (Å²) >= 11 is 6.07. The average molecular weight is 534 g/mol. The Morgan fingerprint density at radius 2 is 1.50 bits per heavy atom. The van der Waals surface area contributed by atoms with Gasteiger partial charge in [-0.2, -0.15) is 0 Å². The summed E-state index contributed by atoms with van der Waals surface area (Å²) in [6.45, 7) is 2.05. The number of hydrogen-bond acceptors (Lipinski definition) is 5. The molecule has 2 fully saturated rings. The van der Waals surface area contributed by atoms with Crippen LogP contribution in [0.15, 0.2) is 78.9 Å². The molecule has 38 heavy (non-hydrogen) atoms. The van der Waals surface area contributed by atoms with E-state index in [4.69, 9.17) is 16.3 Å². The molecule has 2 saturated heterocycles. The van der Waals surface area contributed by atoms with E-state index in [2.05, 4.69) is 0 Å². The zero-order valence-electron chi connectivity index (χ0n) is 20.9. The van der Waals surface area contributed by atoms with E-state index in [9.17, 15) is 19.5 Å². The minimum absolute atomic E-state index is 0.0466. The van der Waals surface area contributed by atoms with E-state index in [-0.39, 0.29) is 37.4 Å². The number of likely N-dealkylation sites (tertiary alicyclic amines) is 1. The summed E-state index contributed by atoms with van der Waals surface area (Å²) < 4.78 is 6.77. The van der Waals surface area contributed by atoms with Gasteiger partial charge in [-0.15, -0.1) is 0 Å². The van der Waals surface area contributed by atoms with Crippen LogP contribution >= 0.6 is 11.6 Å². The molecule has 4 aliphatic heterocycles. The summed E-state index contributed by atoms with van der Waals surface area (Å²) in [5.41, 5.74) is -1.12. The second-order valence-electron chi connectivity index (χ2n) is 10.3. The van der Waals surface area contributed by atoms with Crippen LogP contribution in [0.25, 0.3) is 0 Å².